The Morgan fingerprint density at radius 3 is 2.52 bits per heavy atom. The zero-order valence-corrected chi connectivity index (χ0v) is 12.8. The van der Waals surface area contributed by atoms with Gasteiger partial charge in [0, 0.05) is 18.7 Å². The number of amides is 1. The maximum absolute atomic E-state index is 12.0. The predicted molar refractivity (Wildman–Crippen MR) is 84.3 cm³/mol. The van der Waals surface area contributed by atoms with Crippen LogP contribution < -0.4 is 10.6 Å². The van der Waals surface area contributed by atoms with Crippen LogP contribution in [0.3, 0.4) is 0 Å². The summed E-state index contributed by atoms with van der Waals surface area (Å²) in [7, 11) is 0. The fraction of sp³-hybridized carbons (Fsp3) is 0.353. The normalized spacial score (nSPS) is 10.6. The lowest BCUT2D eigenvalue weighted by atomic mass is 10.1. The smallest absolute Gasteiger partial charge is 0.225 e. The summed E-state index contributed by atoms with van der Waals surface area (Å²) in [4.78, 5) is 12.0. The fourth-order valence-corrected chi connectivity index (χ4v) is 2.41. The van der Waals surface area contributed by atoms with Crippen LogP contribution in [0.5, 0.6) is 0 Å². The van der Waals surface area contributed by atoms with Crippen molar-refractivity contribution in [2.24, 2.45) is 0 Å². The monoisotopic (exact) mass is 286 g/mol. The molecule has 1 aromatic heterocycles. The van der Waals surface area contributed by atoms with Gasteiger partial charge in [0.05, 0.1) is 12.8 Å². The van der Waals surface area contributed by atoms with Crippen molar-refractivity contribution in [1.82, 2.24) is 5.32 Å². The second-order valence-electron chi connectivity index (χ2n) is 5.33. The average Bonchev–Trinajstić information content (AvgIpc) is 2.92. The summed E-state index contributed by atoms with van der Waals surface area (Å²) in [6, 6.07) is 7.92. The minimum Gasteiger partial charge on any atom is -0.468 e. The summed E-state index contributed by atoms with van der Waals surface area (Å²) in [6.07, 6.45) is 2.08. The molecular formula is C17H22N2O2. The van der Waals surface area contributed by atoms with Crippen LogP contribution in [-0.4, -0.2) is 12.5 Å². The summed E-state index contributed by atoms with van der Waals surface area (Å²) in [5, 5.41) is 6.19. The molecule has 4 heteroatoms. The van der Waals surface area contributed by atoms with Crippen LogP contribution in [0.15, 0.2) is 34.9 Å². The molecule has 0 atom stereocenters. The van der Waals surface area contributed by atoms with E-state index in [1.807, 2.05) is 26.0 Å². The van der Waals surface area contributed by atoms with Crippen LogP contribution in [0.2, 0.25) is 0 Å². The topological polar surface area (TPSA) is 54.3 Å². The van der Waals surface area contributed by atoms with Crippen molar-refractivity contribution >= 4 is 11.6 Å². The first-order valence-electron chi connectivity index (χ1n) is 7.17. The molecule has 2 aromatic rings. The van der Waals surface area contributed by atoms with Crippen LogP contribution in [0.1, 0.15) is 28.9 Å². The molecule has 0 unspecified atom stereocenters. The van der Waals surface area contributed by atoms with Crippen molar-refractivity contribution in [2.75, 3.05) is 11.9 Å². The van der Waals surface area contributed by atoms with Gasteiger partial charge in [-0.1, -0.05) is 17.7 Å². The second-order valence-corrected chi connectivity index (χ2v) is 5.33. The lowest BCUT2D eigenvalue weighted by Crippen LogP contribution is -2.22. The minimum absolute atomic E-state index is 0.0250. The first-order valence-corrected chi connectivity index (χ1v) is 7.17. The Hall–Kier alpha value is -2.07. The molecule has 0 radical (unpaired) electrons. The number of benzene rings is 1. The zero-order chi connectivity index (χ0) is 15.2. The van der Waals surface area contributed by atoms with Gasteiger partial charge >= 0.3 is 0 Å². The molecule has 0 saturated heterocycles. The van der Waals surface area contributed by atoms with Crippen LogP contribution >= 0.6 is 0 Å². The molecular weight excluding hydrogens is 264 g/mol. The Labute approximate surface area is 125 Å². The number of aryl methyl sites for hydroxylation is 3. The van der Waals surface area contributed by atoms with Gasteiger partial charge in [-0.15, -0.1) is 0 Å². The van der Waals surface area contributed by atoms with E-state index in [2.05, 4.69) is 29.7 Å². The molecule has 2 rings (SSSR count). The Balaban J connectivity index is 1.79. The molecule has 0 bridgehead atoms. The molecule has 112 valence electrons. The molecule has 1 heterocycles. The van der Waals surface area contributed by atoms with E-state index in [1.54, 1.807) is 6.26 Å². The quantitative estimate of drug-likeness (QED) is 0.801. The molecule has 0 aliphatic rings. The van der Waals surface area contributed by atoms with Gasteiger partial charge in [0.2, 0.25) is 5.91 Å². The highest BCUT2D eigenvalue weighted by Gasteiger charge is 2.08. The number of carbonyl (C=O) groups excluding carboxylic acids is 1. The Morgan fingerprint density at radius 2 is 1.90 bits per heavy atom. The van der Waals surface area contributed by atoms with Crippen molar-refractivity contribution in [3.8, 4) is 0 Å². The lowest BCUT2D eigenvalue weighted by molar-refractivity contribution is -0.116. The van der Waals surface area contributed by atoms with Crippen molar-refractivity contribution < 1.29 is 9.21 Å². The van der Waals surface area contributed by atoms with Gasteiger partial charge < -0.3 is 15.1 Å². The molecule has 2 N–H and O–H groups in total. The molecule has 0 saturated carbocycles. The van der Waals surface area contributed by atoms with Gasteiger partial charge in [0.1, 0.15) is 5.76 Å². The standard InChI is InChI=1S/C17H22N2O2/c1-12-9-13(2)17(14(3)10-12)19-16(20)6-7-18-11-15-5-4-8-21-15/h4-5,8-10,18H,6-7,11H2,1-3H3,(H,19,20). The number of hydrogen-bond donors (Lipinski definition) is 2. The van der Waals surface area contributed by atoms with E-state index in [4.69, 9.17) is 4.42 Å². The SMILES string of the molecule is Cc1cc(C)c(NC(=O)CCNCc2ccco2)c(C)c1. The van der Waals surface area contributed by atoms with Gasteiger partial charge in [-0.05, 0) is 44.0 Å². The molecule has 1 aromatic carbocycles. The number of nitrogens with one attached hydrogen (secondary N) is 2. The summed E-state index contributed by atoms with van der Waals surface area (Å²) < 4.78 is 5.22. The number of furan rings is 1. The summed E-state index contributed by atoms with van der Waals surface area (Å²) >= 11 is 0. The highest BCUT2D eigenvalue weighted by Crippen LogP contribution is 2.21. The summed E-state index contributed by atoms with van der Waals surface area (Å²) in [6.45, 7) is 7.36. The van der Waals surface area contributed by atoms with Crippen molar-refractivity contribution in [3.63, 3.8) is 0 Å². The molecule has 0 spiro atoms. The van der Waals surface area contributed by atoms with Crippen LogP contribution in [-0.2, 0) is 11.3 Å². The number of anilines is 1. The molecule has 1 amide bonds. The summed E-state index contributed by atoms with van der Waals surface area (Å²) in [5.41, 5.74) is 4.34. The van der Waals surface area contributed by atoms with Gasteiger partial charge in [-0.25, -0.2) is 0 Å². The average molecular weight is 286 g/mol. The van der Waals surface area contributed by atoms with Gasteiger partial charge in [0.25, 0.3) is 0 Å². The maximum Gasteiger partial charge on any atom is 0.225 e. The van der Waals surface area contributed by atoms with E-state index in [0.29, 0.717) is 19.5 Å². The third kappa shape index (κ3) is 4.46. The Kier molecular flexibility index (Phi) is 5.17. The molecule has 21 heavy (non-hydrogen) atoms. The zero-order valence-electron chi connectivity index (χ0n) is 12.8. The van der Waals surface area contributed by atoms with E-state index in [-0.39, 0.29) is 5.91 Å². The van der Waals surface area contributed by atoms with Crippen molar-refractivity contribution in [2.45, 2.75) is 33.7 Å². The fourth-order valence-electron chi connectivity index (χ4n) is 2.41. The lowest BCUT2D eigenvalue weighted by Gasteiger charge is -2.13. The first kappa shape index (κ1) is 15.3. The molecule has 0 aliphatic carbocycles. The van der Waals surface area contributed by atoms with Crippen LogP contribution in [0.25, 0.3) is 0 Å². The van der Waals surface area contributed by atoms with E-state index in [1.165, 1.54) is 5.56 Å². The second kappa shape index (κ2) is 7.09. The number of carbonyl (C=O) groups is 1. The van der Waals surface area contributed by atoms with Gasteiger partial charge in [-0.2, -0.15) is 0 Å². The first-order chi connectivity index (χ1) is 10.1. The van der Waals surface area contributed by atoms with E-state index < -0.39 is 0 Å². The van der Waals surface area contributed by atoms with E-state index >= 15 is 0 Å². The molecule has 0 fully saturated rings. The molecule has 0 aliphatic heterocycles. The Bertz CT molecular complexity index is 580. The van der Waals surface area contributed by atoms with Crippen LogP contribution in [0.4, 0.5) is 5.69 Å². The maximum atomic E-state index is 12.0. The number of rotatable bonds is 6. The van der Waals surface area contributed by atoms with Crippen LogP contribution in [0, 0.1) is 20.8 Å². The minimum atomic E-state index is 0.0250. The molecule has 4 nitrogen and oxygen atoms in total. The number of hydrogen-bond acceptors (Lipinski definition) is 3. The largest absolute Gasteiger partial charge is 0.468 e. The van der Waals surface area contributed by atoms with E-state index in [9.17, 15) is 4.79 Å². The van der Waals surface area contributed by atoms with Crippen molar-refractivity contribution in [1.29, 1.82) is 0 Å². The van der Waals surface area contributed by atoms with Crippen molar-refractivity contribution in [3.05, 3.63) is 53.0 Å². The van der Waals surface area contributed by atoms with E-state index in [0.717, 1.165) is 22.6 Å². The summed E-state index contributed by atoms with van der Waals surface area (Å²) in [5.74, 6) is 0.901. The highest BCUT2D eigenvalue weighted by molar-refractivity contribution is 5.92. The highest BCUT2D eigenvalue weighted by atomic mass is 16.3. The van der Waals surface area contributed by atoms with Gasteiger partial charge in [0.15, 0.2) is 0 Å². The predicted octanol–water partition coefficient (Wildman–Crippen LogP) is 3.32. The third-order valence-corrected chi connectivity index (χ3v) is 3.35. The Morgan fingerprint density at radius 1 is 1.19 bits per heavy atom. The third-order valence-electron chi connectivity index (χ3n) is 3.35. The van der Waals surface area contributed by atoms with Gasteiger partial charge in [-0.3, -0.25) is 4.79 Å².